The molecule has 2 heterocycles. The summed E-state index contributed by atoms with van der Waals surface area (Å²) in [5.41, 5.74) is 0.236. The topological polar surface area (TPSA) is 62.7 Å². The summed E-state index contributed by atoms with van der Waals surface area (Å²) in [6.07, 6.45) is 2.87. The van der Waals surface area contributed by atoms with E-state index in [-0.39, 0.29) is 11.6 Å². The molecular weight excluding hydrogens is 254 g/mol. The van der Waals surface area contributed by atoms with Gasteiger partial charge in [0.15, 0.2) is 0 Å². The number of H-pyrrole nitrogens is 1. The number of aromatic amines is 1. The van der Waals surface area contributed by atoms with Crippen molar-refractivity contribution < 1.29 is 13.6 Å². The van der Waals surface area contributed by atoms with Crippen LogP contribution in [0.4, 0.5) is 8.78 Å². The lowest BCUT2D eigenvalue weighted by atomic mass is 10.3. The summed E-state index contributed by atoms with van der Waals surface area (Å²) in [5, 5.41) is 2.67. The third-order valence-electron chi connectivity index (χ3n) is 2.60. The van der Waals surface area contributed by atoms with Gasteiger partial charge in [-0.25, -0.2) is 13.8 Å². The second kappa shape index (κ2) is 6.12. The zero-order valence-corrected chi connectivity index (χ0v) is 10.1. The quantitative estimate of drug-likeness (QED) is 0.833. The first kappa shape index (κ1) is 13.3. The van der Waals surface area contributed by atoms with Crippen LogP contribution in [0.3, 0.4) is 0 Å². The monoisotopic (exact) mass is 268 g/mol. The van der Waals surface area contributed by atoms with Gasteiger partial charge in [-0.15, -0.1) is 0 Å². The minimum Gasteiger partial charge on any atom is -0.350 e. The van der Waals surface area contributed by atoms with Crippen molar-refractivity contribution in [1.29, 1.82) is 0 Å². The summed E-state index contributed by atoms with van der Waals surface area (Å²) in [5.74, 6) is 0.403. The molecule has 5 nitrogen and oxygen atoms in total. The number of halogens is 2. The first-order chi connectivity index (χ1) is 9.16. The number of carbonyl (C=O) groups is 1. The van der Waals surface area contributed by atoms with Crippen LogP contribution in [0.5, 0.6) is 0 Å². The third-order valence-corrected chi connectivity index (χ3v) is 2.60. The maximum atomic E-state index is 12.3. The molecule has 0 bridgehead atoms. The Morgan fingerprint density at radius 3 is 3.05 bits per heavy atom. The molecule has 0 aliphatic carbocycles. The fourth-order valence-corrected chi connectivity index (χ4v) is 1.75. The molecule has 2 N–H and O–H groups in total. The van der Waals surface area contributed by atoms with Gasteiger partial charge < -0.3 is 14.9 Å². The number of hydrogen-bond donors (Lipinski definition) is 2. The molecule has 0 unspecified atom stereocenters. The molecular formula is C12H14F2N4O. The molecule has 2 aromatic heterocycles. The highest BCUT2D eigenvalue weighted by molar-refractivity contribution is 5.92. The summed E-state index contributed by atoms with van der Waals surface area (Å²) in [7, 11) is 0. The van der Waals surface area contributed by atoms with Crippen LogP contribution in [0.2, 0.25) is 0 Å². The minimum absolute atomic E-state index is 0.236. The van der Waals surface area contributed by atoms with Crippen LogP contribution in [0.15, 0.2) is 30.7 Å². The van der Waals surface area contributed by atoms with Crippen LogP contribution >= 0.6 is 0 Å². The maximum Gasteiger partial charge on any atom is 0.267 e. The Kier molecular flexibility index (Phi) is 4.27. The Balaban J connectivity index is 1.87. The number of carbonyl (C=O) groups excluding carboxylic acids is 1. The number of aromatic nitrogens is 3. The Hall–Kier alpha value is -2.18. The number of amides is 1. The molecule has 0 spiro atoms. The third kappa shape index (κ3) is 3.64. The van der Waals surface area contributed by atoms with Crippen LogP contribution < -0.4 is 5.32 Å². The lowest BCUT2D eigenvalue weighted by molar-refractivity contribution is 0.0931. The molecule has 0 aromatic carbocycles. The van der Waals surface area contributed by atoms with Crippen LogP contribution in [0, 0.1) is 0 Å². The summed E-state index contributed by atoms with van der Waals surface area (Å²) < 4.78 is 25.9. The molecule has 1 amide bonds. The average molecular weight is 268 g/mol. The van der Waals surface area contributed by atoms with E-state index in [1.807, 2.05) is 0 Å². The number of rotatable bonds is 6. The molecule has 7 heteroatoms. The number of alkyl halides is 2. The number of imidazole rings is 1. The molecule has 0 saturated carbocycles. The molecule has 2 rings (SSSR count). The molecule has 0 fully saturated rings. The number of hydrogen-bond acceptors (Lipinski definition) is 2. The molecule has 0 atom stereocenters. The van der Waals surface area contributed by atoms with Crippen LogP contribution in [-0.2, 0) is 13.0 Å². The van der Waals surface area contributed by atoms with Gasteiger partial charge in [0.25, 0.3) is 12.3 Å². The Morgan fingerprint density at radius 1 is 1.53 bits per heavy atom. The molecule has 2 aromatic rings. The lowest BCUT2D eigenvalue weighted by Gasteiger charge is -2.08. The molecule has 0 radical (unpaired) electrons. The maximum absolute atomic E-state index is 12.3. The largest absolute Gasteiger partial charge is 0.350 e. The van der Waals surface area contributed by atoms with Crippen molar-refractivity contribution in [2.45, 2.75) is 19.4 Å². The zero-order chi connectivity index (χ0) is 13.7. The van der Waals surface area contributed by atoms with Gasteiger partial charge in [0.1, 0.15) is 11.5 Å². The first-order valence-electron chi connectivity index (χ1n) is 5.86. The molecule has 0 saturated heterocycles. The first-order valence-corrected chi connectivity index (χ1v) is 5.86. The van der Waals surface area contributed by atoms with E-state index in [1.165, 1.54) is 16.8 Å². The second-order valence-electron chi connectivity index (χ2n) is 3.98. The van der Waals surface area contributed by atoms with Gasteiger partial charge in [0.2, 0.25) is 0 Å². The number of nitrogens with one attached hydrogen (secondary N) is 2. The second-order valence-corrected chi connectivity index (χ2v) is 3.98. The van der Waals surface area contributed by atoms with Crippen molar-refractivity contribution in [2.75, 3.05) is 6.54 Å². The van der Waals surface area contributed by atoms with E-state index in [4.69, 9.17) is 0 Å². The van der Waals surface area contributed by atoms with E-state index < -0.39 is 13.0 Å². The zero-order valence-electron chi connectivity index (χ0n) is 10.1. The fourth-order valence-electron chi connectivity index (χ4n) is 1.75. The van der Waals surface area contributed by atoms with Gasteiger partial charge in [-0.1, -0.05) is 0 Å². The van der Waals surface area contributed by atoms with Crippen molar-refractivity contribution in [3.05, 3.63) is 42.2 Å². The highest BCUT2D eigenvalue weighted by Crippen LogP contribution is 2.06. The summed E-state index contributed by atoms with van der Waals surface area (Å²) in [6, 6.07) is 3.09. The predicted octanol–water partition coefficient (Wildman–Crippen LogP) is 1.45. The van der Waals surface area contributed by atoms with Gasteiger partial charge in [-0.05, 0) is 12.1 Å². The van der Waals surface area contributed by atoms with E-state index in [0.29, 0.717) is 13.0 Å². The standard InChI is InChI=1S/C12H14F2N4O/c13-10(14)8-18-7-1-2-9(18)12(19)17-4-3-11-15-5-6-16-11/h1-2,5-7,10H,3-4,8H2,(H,15,16)(H,17,19). The van der Waals surface area contributed by atoms with Crippen LogP contribution in [0.1, 0.15) is 16.3 Å². The van der Waals surface area contributed by atoms with Crippen molar-refractivity contribution in [1.82, 2.24) is 19.9 Å². The van der Waals surface area contributed by atoms with E-state index in [0.717, 1.165) is 5.82 Å². The van der Waals surface area contributed by atoms with Crippen molar-refractivity contribution in [3.63, 3.8) is 0 Å². The summed E-state index contributed by atoms with van der Waals surface area (Å²) in [4.78, 5) is 18.8. The molecule has 102 valence electrons. The average Bonchev–Trinajstić information content (AvgIpc) is 2.99. The molecule has 19 heavy (non-hydrogen) atoms. The molecule has 0 aliphatic heterocycles. The van der Waals surface area contributed by atoms with E-state index in [2.05, 4.69) is 15.3 Å². The normalized spacial score (nSPS) is 10.9. The summed E-state index contributed by atoms with van der Waals surface area (Å²) >= 11 is 0. The highest BCUT2D eigenvalue weighted by Gasteiger charge is 2.13. The highest BCUT2D eigenvalue weighted by atomic mass is 19.3. The van der Waals surface area contributed by atoms with Gasteiger partial charge >= 0.3 is 0 Å². The Bertz CT molecular complexity index is 522. The smallest absolute Gasteiger partial charge is 0.267 e. The SMILES string of the molecule is O=C(NCCc1ncc[nH]1)c1cccn1CC(F)F. The van der Waals surface area contributed by atoms with Gasteiger partial charge in [0.05, 0.1) is 6.54 Å². The number of nitrogens with zero attached hydrogens (tertiary/aromatic N) is 2. The van der Waals surface area contributed by atoms with E-state index in [9.17, 15) is 13.6 Å². The van der Waals surface area contributed by atoms with E-state index >= 15 is 0 Å². The van der Waals surface area contributed by atoms with Crippen molar-refractivity contribution in [3.8, 4) is 0 Å². The van der Waals surface area contributed by atoms with Crippen molar-refractivity contribution in [2.24, 2.45) is 0 Å². The predicted molar refractivity (Wildman–Crippen MR) is 65.1 cm³/mol. The summed E-state index contributed by atoms with van der Waals surface area (Å²) in [6.45, 7) is -0.0832. The lowest BCUT2D eigenvalue weighted by Crippen LogP contribution is -2.28. The van der Waals surface area contributed by atoms with Crippen LogP contribution in [0.25, 0.3) is 0 Å². The minimum atomic E-state index is -2.48. The van der Waals surface area contributed by atoms with Gasteiger partial charge in [0, 0.05) is 31.6 Å². The van der Waals surface area contributed by atoms with E-state index in [1.54, 1.807) is 18.5 Å². The fraction of sp³-hybridized carbons (Fsp3) is 0.333. The van der Waals surface area contributed by atoms with Gasteiger partial charge in [-0.2, -0.15) is 0 Å². The Labute approximate surface area is 108 Å². The van der Waals surface area contributed by atoms with Crippen molar-refractivity contribution >= 4 is 5.91 Å². The van der Waals surface area contributed by atoms with Crippen LogP contribution in [-0.4, -0.2) is 33.4 Å². The molecule has 0 aliphatic rings. The van der Waals surface area contributed by atoms with Gasteiger partial charge in [-0.3, -0.25) is 4.79 Å². The Morgan fingerprint density at radius 2 is 2.37 bits per heavy atom.